The van der Waals surface area contributed by atoms with Crippen molar-refractivity contribution in [1.29, 1.82) is 0 Å². The summed E-state index contributed by atoms with van der Waals surface area (Å²) < 4.78 is 13.2. The van der Waals surface area contributed by atoms with Gasteiger partial charge in [-0.3, -0.25) is 5.01 Å². The van der Waals surface area contributed by atoms with Crippen molar-refractivity contribution in [3.63, 3.8) is 0 Å². The minimum Gasteiger partial charge on any atom is -0.330 e. The Morgan fingerprint density at radius 3 is 2.45 bits per heavy atom. The van der Waals surface area contributed by atoms with Crippen LogP contribution < -0.4 is 10.7 Å². The molecule has 1 aliphatic rings. The fraction of sp³-hybridized carbons (Fsp3) is 0.278. The summed E-state index contributed by atoms with van der Waals surface area (Å²) in [4.78, 5) is 0. The molecule has 2 N–H and O–H groups in total. The van der Waals surface area contributed by atoms with Crippen LogP contribution in [0.4, 0.5) is 10.1 Å². The third kappa shape index (κ3) is 3.02. The van der Waals surface area contributed by atoms with E-state index in [1.807, 2.05) is 5.01 Å². The van der Waals surface area contributed by atoms with E-state index in [-0.39, 0.29) is 11.9 Å². The summed E-state index contributed by atoms with van der Waals surface area (Å²) in [6, 6.07) is 15.1. The van der Waals surface area contributed by atoms with Crippen LogP contribution in [0, 0.1) is 12.7 Å². The van der Waals surface area contributed by atoms with Crippen LogP contribution >= 0.6 is 0 Å². The van der Waals surface area contributed by atoms with Gasteiger partial charge in [-0.1, -0.05) is 29.8 Å². The van der Waals surface area contributed by atoms with Crippen molar-refractivity contribution in [2.24, 2.45) is 10.8 Å². The monoisotopic (exact) mass is 297 g/mol. The Bertz CT molecular complexity index is 662. The maximum absolute atomic E-state index is 13.2. The van der Waals surface area contributed by atoms with Crippen LogP contribution in [-0.4, -0.2) is 12.3 Å². The Balaban J connectivity index is 1.93. The zero-order valence-electron chi connectivity index (χ0n) is 12.7. The molecule has 3 rings (SSSR count). The first-order valence-corrected chi connectivity index (χ1v) is 7.55. The van der Waals surface area contributed by atoms with Crippen LogP contribution in [0.15, 0.2) is 53.6 Å². The van der Waals surface area contributed by atoms with Gasteiger partial charge >= 0.3 is 0 Å². The van der Waals surface area contributed by atoms with Crippen LogP contribution in [-0.2, 0) is 0 Å². The highest BCUT2D eigenvalue weighted by Crippen LogP contribution is 2.35. The zero-order chi connectivity index (χ0) is 15.5. The Morgan fingerprint density at radius 2 is 1.82 bits per heavy atom. The largest absolute Gasteiger partial charge is 0.330 e. The van der Waals surface area contributed by atoms with E-state index in [9.17, 15) is 4.39 Å². The molecule has 0 saturated heterocycles. The van der Waals surface area contributed by atoms with Gasteiger partial charge in [0.15, 0.2) is 0 Å². The van der Waals surface area contributed by atoms with Gasteiger partial charge in [-0.25, -0.2) is 4.39 Å². The second-order valence-corrected chi connectivity index (χ2v) is 5.66. The summed E-state index contributed by atoms with van der Waals surface area (Å²) in [7, 11) is 0. The third-order valence-corrected chi connectivity index (χ3v) is 3.96. The molecule has 0 radical (unpaired) electrons. The lowest BCUT2D eigenvalue weighted by molar-refractivity contribution is 0.626. The van der Waals surface area contributed by atoms with E-state index in [0.29, 0.717) is 6.54 Å². The number of nitrogens with two attached hydrogens (primary N) is 1. The number of aryl methyl sites for hydroxylation is 1. The highest BCUT2D eigenvalue weighted by Gasteiger charge is 2.28. The maximum Gasteiger partial charge on any atom is 0.123 e. The van der Waals surface area contributed by atoms with E-state index in [1.54, 1.807) is 12.1 Å². The molecule has 2 aromatic rings. The van der Waals surface area contributed by atoms with E-state index in [4.69, 9.17) is 10.8 Å². The first-order valence-electron chi connectivity index (χ1n) is 7.55. The number of hydrogen-bond acceptors (Lipinski definition) is 3. The van der Waals surface area contributed by atoms with Gasteiger partial charge in [0.1, 0.15) is 5.82 Å². The summed E-state index contributed by atoms with van der Waals surface area (Å²) in [6.45, 7) is 2.67. The summed E-state index contributed by atoms with van der Waals surface area (Å²) >= 11 is 0. The maximum atomic E-state index is 13.2. The smallest absolute Gasteiger partial charge is 0.123 e. The predicted octanol–water partition coefficient (Wildman–Crippen LogP) is 3.79. The van der Waals surface area contributed by atoms with Crippen LogP contribution in [0.2, 0.25) is 0 Å². The lowest BCUT2D eigenvalue weighted by atomic mass is 9.99. The first-order chi connectivity index (χ1) is 10.7. The lowest BCUT2D eigenvalue weighted by Gasteiger charge is -2.24. The van der Waals surface area contributed by atoms with Gasteiger partial charge in [-0.15, -0.1) is 0 Å². The summed E-state index contributed by atoms with van der Waals surface area (Å²) in [5.41, 5.74) is 10.1. The molecule has 0 amide bonds. The second-order valence-electron chi connectivity index (χ2n) is 5.66. The molecule has 114 valence electrons. The number of hydrazone groups is 1. The SMILES string of the molecule is Cc1ccc(C2CC(CCN)=NN2c2ccc(F)cc2)cc1. The molecule has 22 heavy (non-hydrogen) atoms. The Kier molecular flexibility index (Phi) is 4.20. The average molecular weight is 297 g/mol. The van der Waals surface area contributed by atoms with Gasteiger partial charge in [0, 0.05) is 12.1 Å². The van der Waals surface area contributed by atoms with E-state index in [0.717, 1.165) is 24.2 Å². The Labute approximate surface area is 130 Å². The summed E-state index contributed by atoms with van der Waals surface area (Å²) in [6.07, 6.45) is 1.65. The molecule has 1 unspecified atom stereocenters. The van der Waals surface area contributed by atoms with Crippen molar-refractivity contribution in [3.8, 4) is 0 Å². The number of halogens is 1. The molecule has 4 heteroatoms. The average Bonchev–Trinajstić information content (AvgIpc) is 2.93. The molecule has 3 nitrogen and oxygen atoms in total. The molecular weight excluding hydrogens is 277 g/mol. The van der Waals surface area contributed by atoms with Gasteiger partial charge in [-0.05, 0) is 49.7 Å². The standard InChI is InChI=1S/C18H20FN3/c1-13-2-4-14(5-3-13)18-12-16(10-11-20)21-22(18)17-8-6-15(19)7-9-17/h2-9,18H,10-12,20H2,1H3. The Morgan fingerprint density at radius 1 is 1.14 bits per heavy atom. The Hall–Kier alpha value is -2.20. The second kappa shape index (κ2) is 6.28. The van der Waals surface area contributed by atoms with Gasteiger partial charge < -0.3 is 5.73 Å². The lowest BCUT2D eigenvalue weighted by Crippen LogP contribution is -2.18. The first kappa shape index (κ1) is 14.7. The number of anilines is 1. The minimum atomic E-state index is -0.235. The van der Waals surface area contributed by atoms with Gasteiger partial charge in [0.25, 0.3) is 0 Å². The highest BCUT2D eigenvalue weighted by atomic mass is 19.1. The third-order valence-electron chi connectivity index (χ3n) is 3.96. The molecule has 0 aliphatic carbocycles. The molecule has 2 aromatic carbocycles. The quantitative estimate of drug-likeness (QED) is 0.933. The number of rotatable bonds is 4. The van der Waals surface area contributed by atoms with E-state index < -0.39 is 0 Å². The molecule has 0 bridgehead atoms. The fourth-order valence-corrected chi connectivity index (χ4v) is 2.77. The van der Waals surface area contributed by atoms with Crippen molar-refractivity contribution >= 4 is 11.4 Å². The predicted molar refractivity (Wildman–Crippen MR) is 88.5 cm³/mol. The fourth-order valence-electron chi connectivity index (χ4n) is 2.77. The molecule has 1 atom stereocenters. The zero-order valence-corrected chi connectivity index (χ0v) is 12.7. The van der Waals surface area contributed by atoms with Crippen LogP contribution in [0.25, 0.3) is 0 Å². The molecule has 0 saturated carbocycles. The summed E-state index contributed by atoms with van der Waals surface area (Å²) in [5.74, 6) is -0.235. The number of benzene rings is 2. The van der Waals surface area contributed by atoms with Crippen LogP contribution in [0.3, 0.4) is 0 Å². The van der Waals surface area contributed by atoms with Gasteiger partial charge in [0.2, 0.25) is 0 Å². The topological polar surface area (TPSA) is 41.6 Å². The van der Waals surface area contributed by atoms with Crippen molar-refractivity contribution < 1.29 is 4.39 Å². The minimum absolute atomic E-state index is 0.146. The van der Waals surface area contributed by atoms with Crippen molar-refractivity contribution in [2.75, 3.05) is 11.6 Å². The van der Waals surface area contributed by atoms with Crippen molar-refractivity contribution in [2.45, 2.75) is 25.8 Å². The molecular formula is C18H20FN3. The van der Waals surface area contributed by atoms with Crippen LogP contribution in [0.1, 0.15) is 30.0 Å². The van der Waals surface area contributed by atoms with Crippen molar-refractivity contribution in [1.82, 2.24) is 0 Å². The number of nitrogens with zero attached hydrogens (tertiary/aromatic N) is 2. The molecule has 0 spiro atoms. The normalized spacial score (nSPS) is 17.7. The van der Waals surface area contributed by atoms with E-state index >= 15 is 0 Å². The summed E-state index contributed by atoms with van der Waals surface area (Å²) in [5, 5.41) is 6.69. The van der Waals surface area contributed by atoms with E-state index in [2.05, 4.69) is 31.2 Å². The molecule has 0 fully saturated rings. The van der Waals surface area contributed by atoms with E-state index in [1.165, 1.54) is 23.3 Å². The molecule has 0 aromatic heterocycles. The molecule has 1 aliphatic heterocycles. The van der Waals surface area contributed by atoms with Crippen molar-refractivity contribution in [3.05, 3.63) is 65.5 Å². The number of hydrogen-bond donors (Lipinski definition) is 1. The van der Waals surface area contributed by atoms with Gasteiger partial charge in [0.05, 0.1) is 11.7 Å². The highest BCUT2D eigenvalue weighted by molar-refractivity contribution is 5.89. The molecule has 1 heterocycles. The van der Waals surface area contributed by atoms with Crippen LogP contribution in [0.5, 0.6) is 0 Å². The van der Waals surface area contributed by atoms with Gasteiger partial charge in [-0.2, -0.15) is 5.10 Å².